The molecule has 1 aliphatic carbocycles. The van der Waals surface area contributed by atoms with Crippen LogP contribution in [-0.2, 0) is 5.41 Å². The van der Waals surface area contributed by atoms with Gasteiger partial charge in [0.2, 0.25) is 0 Å². The highest BCUT2D eigenvalue weighted by Gasteiger charge is 2.46. The first-order chi connectivity index (χ1) is 28.8. The molecule has 2 aromatic heterocycles. The van der Waals surface area contributed by atoms with Crippen molar-refractivity contribution in [2.75, 3.05) is 4.90 Å². The van der Waals surface area contributed by atoms with Crippen molar-refractivity contribution in [1.29, 1.82) is 0 Å². The summed E-state index contributed by atoms with van der Waals surface area (Å²) in [4.78, 5) is 2.42. The molecular formula is C55H35NOS. The van der Waals surface area contributed by atoms with Gasteiger partial charge in [-0.15, -0.1) is 11.3 Å². The molecule has 272 valence electrons. The zero-order valence-corrected chi connectivity index (χ0v) is 32.3. The number of nitrogens with zero attached hydrogens (tertiary/aromatic N) is 1. The van der Waals surface area contributed by atoms with Gasteiger partial charge in [0.25, 0.3) is 0 Å². The van der Waals surface area contributed by atoms with Crippen LogP contribution >= 0.6 is 11.3 Å². The average Bonchev–Trinajstić information content (AvgIpc) is 3.96. The smallest absolute Gasteiger partial charge is 0.143 e. The fourth-order valence-corrected chi connectivity index (χ4v) is 10.7. The quantitative estimate of drug-likeness (QED) is 0.168. The van der Waals surface area contributed by atoms with Crippen LogP contribution in [0.2, 0.25) is 0 Å². The summed E-state index contributed by atoms with van der Waals surface area (Å²) in [6, 6.07) is 77.5. The van der Waals surface area contributed by atoms with E-state index in [0.29, 0.717) is 0 Å². The van der Waals surface area contributed by atoms with Gasteiger partial charge in [-0.3, -0.25) is 0 Å². The third kappa shape index (κ3) is 4.84. The second-order valence-corrected chi connectivity index (χ2v) is 16.3. The topological polar surface area (TPSA) is 16.4 Å². The fourth-order valence-electron chi connectivity index (χ4n) is 9.64. The van der Waals surface area contributed by atoms with Crippen molar-refractivity contribution in [3.05, 3.63) is 235 Å². The number of para-hydroxylation sites is 2. The van der Waals surface area contributed by atoms with E-state index in [4.69, 9.17) is 4.42 Å². The van der Waals surface area contributed by atoms with E-state index in [-0.39, 0.29) is 0 Å². The average molecular weight is 758 g/mol. The standard InChI is InChI=1S/C55H35NOS/c1-3-14-37(15-4-1)55(38-16-5-2-6-17-38)49-23-10-7-18-43(49)47-34-40(30-32-50(47)55)56(41-31-33-53-48(35-41)45-20-9-12-25-52(45)58-53)39-28-26-36(27-29-39)42-21-13-22-46-44-19-8-11-24-51(44)57-54(42)46/h1-35H. The fraction of sp³-hybridized carbons (Fsp3) is 0.0182. The van der Waals surface area contributed by atoms with E-state index in [1.807, 2.05) is 23.5 Å². The van der Waals surface area contributed by atoms with Crippen molar-refractivity contribution in [1.82, 2.24) is 0 Å². The second-order valence-electron chi connectivity index (χ2n) is 15.2. The third-order valence-corrected chi connectivity index (χ3v) is 13.3. The normalized spacial score (nSPS) is 13.0. The lowest BCUT2D eigenvalue weighted by Gasteiger charge is -2.34. The maximum absolute atomic E-state index is 6.47. The van der Waals surface area contributed by atoms with Gasteiger partial charge in [0.1, 0.15) is 11.2 Å². The summed E-state index contributed by atoms with van der Waals surface area (Å²) in [5.41, 5.74) is 14.5. The van der Waals surface area contributed by atoms with E-state index < -0.39 is 5.41 Å². The van der Waals surface area contributed by atoms with E-state index in [0.717, 1.165) is 50.1 Å². The molecule has 0 radical (unpaired) electrons. The molecule has 2 heterocycles. The monoisotopic (exact) mass is 757 g/mol. The van der Waals surface area contributed by atoms with Crippen LogP contribution in [0.3, 0.4) is 0 Å². The van der Waals surface area contributed by atoms with Gasteiger partial charge in [-0.1, -0.05) is 158 Å². The Morgan fingerprint density at radius 3 is 1.78 bits per heavy atom. The summed E-state index contributed by atoms with van der Waals surface area (Å²) >= 11 is 1.85. The molecule has 1 aliphatic rings. The summed E-state index contributed by atoms with van der Waals surface area (Å²) in [5, 5.41) is 4.84. The van der Waals surface area contributed by atoms with Crippen molar-refractivity contribution in [3.8, 4) is 22.3 Å². The minimum absolute atomic E-state index is 0.453. The number of hydrogen-bond donors (Lipinski definition) is 0. The summed E-state index contributed by atoms with van der Waals surface area (Å²) in [5.74, 6) is 0. The maximum atomic E-state index is 6.47. The number of hydrogen-bond acceptors (Lipinski definition) is 3. The molecule has 2 nitrogen and oxygen atoms in total. The molecule has 0 bridgehead atoms. The molecule has 58 heavy (non-hydrogen) atoms. The molecule has 9 aromatic carbocycles. The third-order valence-electron chi connectivity index (χ3n) is 12.2. The van der Waals surface area contributed by atoms with Gasteiger partial charge < -0.3 is 9.32 Å². The Morgan fingerprint density at radius 2 is 0.966 bits per heavy atom. The molecule has 0 aliphatic heterocycles. The molecule has 0 atom stereocenters. The lowest BCUT2D eigenvalue weighted by molar-refractivity contribution is 0.670. The Hall–Kier alpha value is -7.20. The molecule has 12 rings (SSSR count). The van der Waals surface area contributed by atoms with Crippen LogP contribution in [0.5, 0.6) is 0 Å². The van der Waals surface area contributed by atoms with Crippen LogP contribution in [0.1, 0.15) is 22.3 Å². The number of benzene rings is 9. The molecule has 0 unspecified atom stereocenters. The first-order valence-electron chi connectivity index (χ1n) is 19.8. The van der Waals surface area contributed by atoms with Crippen LogP contribution in [-0.4, -0.2) is 0 Å². The van der Waals surface area contributed by atoms with Crippen molar-refractivity contribution in [2.45, 2.75) is 5.41 Å². The lowest BCUT2D eigenvalue weighted by Crippen LogP contribution is -2.28. The summed E-state index contributed by atoms with van der Waals surface area (Å²) in [6.45, 7) is 0. The predicted molar refractivity (Wildman–Crippen MR) is 244 cm³/mol. The SMILES string of the molecule is c1ccc(C2(c3ccccc3)c3ccccc3-c3cc(N(c4ccc(-c5cccc6c5oc5ccccc56)cc4)c4ccc5sc6ccccc6c5c4)ccc32)cc1. The van der Waals surface area contributed by atoms with Gasteiger partial charge in [-0.25, -0.2) is 0 Å². The van der Waals surface area contributed by atoms with Crippen LogP contribution in [0.4, 0.5) is 17.1 Å². The molecule has 3 heteroatoms. The van der Waals surface area contributed by atoms with Crippen molar-refractivity contribution in [2.24, 2.45) is 0 Å². The van der Waals surface area contributed by atoms with Crippen molar-refractivity contribution < 1.29 is 4.42 Å². The van der Waals surface area contributed by atoms with Gasteiger partial charge in [0.15, 0.2) is 0 Å². The van der Waals surface area contributed by atoms with Gasteiger partial charge in [0, 0.05) is 53.6 Å². The zero-order chi connectivity index (χ0) is 38.2. The van der Waals surface area contributed by atoms with Gasteiger partial charge in [-0.2, -0.15) is 0 Å². The molecule has 0 saturated carbocycles. The van der Waals surface area contributed by atoms with Gasteiger partial charge in [-0.05, 0) is 93.5 Å². The highest BCUT2D eigenvalue weighted by Crippen LogP contribution is 2.57. The van der Waals surface area contributed by atoms with Crippen LogP contribution in [0, 0.1) is 0 Å². The molecule has 0 N–H and O–H groups in total. The van der Waals surface area contributed by atoms with Gasteiger partial charge >= 0.3 is 0 Å². The predicted octanol–water partition coefficient (Wildman–Crippen LogP) is 15.5. The first-order valence-corrected chi connectivity index (χ1v) is 20.6. The van der Waals surface area contributed by atoms with Crippen LogP contribution in [0.25, 0.3) is 64.4 Å². The molecule has 0 fully saturated rings. The first kappa shape index (κ1) is 33.0. The minimum atomic E-state index is -0.453. The van der Waals surface area contributed by atoms with E-state index in [9.17, 15) is 0 Å². The Kier molecular flexibility index (Phi) is 7.35. The Balaban J connectivity index is 1.06. The Bertz CT molecular complexity index is 3300. The van der Waals surface area contributed by atoms with Gasteiger partial charge in [0.05, 0.1) is 5.41 Å². The number of anilines is 3. The summed E-state index contributed by atoms with van der Waals surface area (Å²) < 4.78 is 9.06. The summed E-state index contributed by atoms with van der Waals surface area (Å²) in [6.07, 6.45) is 0. The number of rotatable bonds is 6. The second kappa shape index (κ2) is 12.9. The molecule has 0 saturated heterocycles. The maximum Gasteiger partial charge on any atom is 0.143 e. The van der Waals surface area contributed by atoms with Crippen molar-refractivity contribution in [3.63, 3.8) is 0 Å². The van der Waals surface area contributed by atoms with Crippen molar-refractivity contribution >= 4 is 70.5 Å². The molecular weight excluding hydrogens is 723 g/mol. The number of thiophene rings is 1. The molecule has 0 amide bonds. The largest absolute Gasteiger partial charge is 0.455 e. The number of furan rings is 1. The Morgan fingerprint density at radius 1 is 0.379 bits per heavy atom. The van der Waals surface area contributed by atoms with E-state index in [2.05, 4.69) is 205 Å². The summed E-state index contributed by atoms with van der Waals surface area (Å²) in [7, 11) is 0. The van der Waals surface area contributed by atoms with Crippen LogP contribution in [0.15, 0.2) is 217 Å². The number of fused-ring (bicyclic) bond motifs is 9. The lowest BCUT2D eigenvalue weighted by atomic mass is 9.68. The van der Waals surface area contributed by atoms with E-state index in [1.54, 1.807) is 0 Å². The highest BCUT2D eigenvalue weighted by atomic mass is 32.1. The molecule has 0 spiro atoms. The minimum Gasteiger partial charge on any atom is -0.455 e. The Labute approximate surface area is 340 Å². The molecule has 11 aromatic rings. The zero-order valence-electron chi connectivity index (χ0n) is 31.5. The van der Waals surface area contributed by atoms with E-state index >= 15 is 0 Å². The van der Waals surface area contributed by atoms with E-state index in [1.165, 1.54) is 53.6 Å². The highest BCUT2D eigenvalue weighted by molar-refractivity contribution is 7.25. The van der Waals surface area contributed by atoms with Crippen LogP contribution < -0.4 is 4.90 Å².